The van der Waals surface area contributed by atoms with E-state index in [4.69, 9.17) is 0 Å². The van der Waals surface area contributed by atoms with E-state index < -0.39 is 0 Å². The molecular formula is C2H4K2. The third-order valence-electron chi connectivity index (χ3n) is 0.500. The number of hydrogen-bond donors (Lipinski definition) is 0. The Bertz CT molecular complexity index is 6.00. The van der Waals surface area contributed by atoms with Gasteiger partial charge in [0.05, 0.1) is 0 Å². The van der Waals surface area contributed by atoms with E-state index in [1.54, 1.807) is 1.03 Å². The van der Waals surface area contributed by atoms with Crippen molar-refractivity contribution in [1.82, 2.24) is 0 Å². The van der Waals surface area contributed by atoms with Crippen molar-refractivity contribution in [2.24, 2.45) is 0 Å². The second kappa shape index (κ2) is 6.27. The molecule has 0 fully saturated rings. The van der Waals surface area contributed by atoms with Gasteiger partial charge < -0.3 is 0 Å². The van der Waals surface area contributed by atoms with Crippen molar-refractivity contribution >= 4 is 97.9 Å². The fourth-order valence-electron chi connectivity index (χ4n) is 0. The van der Waals surface area contributed by atoms with Gasteiger partial charge in [0.15, 0.2) is 0 Å². The summed E-state index contributed by atoms with van der Waals surface area (Å²) in [5.74, 6) is 0. The Kier molecular flexibility index (Phi) is 11.4. The summed E-state index contributed by atoms with van der Waals surface area (Å²) < 4.78 is 3.18. The molecule has 0 aliphatic rings. The Balaban J connectivity index is 1.97. The summed E-state index contributed by atoms with van der Waals surface area (Å²) in [5, 5.41) is 0. The van der Waals surface area contributed by atoms with Crippen LogP contribution in [0.1, 0.15) is 0 Å². The van der Waals surface area contributed by atoms with Crippen LogP contribution >= 0.6 is 0 Å². The first kappa shape index (κ1) is 7.27. The molecule has 4 heavy (non-hydrogen) atoms. The van der Waals surface area contributed by atoms with E-state index in [2.05, 4.69) is 0 Å². The van der Waals surface area contributed by atoms with Gasteiger partial charge in [0.25, 0.3) is 0 Å². The quantitative estimate of drug-likeness (QED) is 0.418. The van der Waals surface area contributed by atoms with Crippen LogP contribution in [0.4, 0.5) is 0 Å². The summed E-state index contributed by atoms with van der Waals surface area (Å²) in [5.41, 5.74) is 0. The van der Waals surface area contributed by atoms with Crippen molar-refractivity contribution in [3.05, 3.63) is 0 Å². The van der Waals surface area contributed by atoms with Crippen LogP contribution in [0.15, 0.2) is 0 Å². The SMILES string of the molecule is [K][CH2][CH2][K]. The van der Waals surface area contributed by atoms with Gasteiger partial charge in [0.2, 0.25) is 0 Å². The van der Waals surface area contributed by atoms with Crippen LogP contribution in [0, 0.1) is 0 Å². The molecule has 14 valence electrons. The zero-order chi connectivity index (χ0) is 3.41. The zero-order valence-corrected chi connectivity index (χ0v) is 9.66. The normalized spacial score (nSPS) is 8.00. The summed E-state index contributed by atoms with van der Waals surface area (Å²) in [6.45, 7) is 0. The van der Waals surface area contributed by atoms with Crippen LogP contribution in [-0.4, -0.2) is 97.9 Å². The molecule has 0 saturated heterocycles. The maximum absolute atomic E-state index is 1.59. The Morgan fingerprint density at radius 1 is 1.00 bits per heavy atom. The molecule has 0 spiro atoms. The predicted octanol–water partition coefficient (Wildman–Crippen LogP) is 0.160. The van der Waals surface area contributed by atoms with E-state index in [0.29, 0.717) is 0 Å². The Hall–Kier alpha value is 3.27. The third-order valence-corrected chi connectivity index (χ3v) is 8.50. The Morgan fingerprint density at radius 2 is 1.25 bits per heavy atom. The van der Waals surface area contributed by atoms with E-state index in [9.17, 15) is 0 Å². The fraction of sp³-hybridized carbons (Fsp3) is 1.00. The summed E-state index contributed by atoms with van der Waals surface area (Å²) in [7, 11) is 0. The molecule has 0 rings (SSSR count). The number of rotatable bonds is 1. The van der Waals surface area contributed by atoms with Crippen molar-refractivity contribution in [1.29, 1.82) is 0 Å². The van der Waals surface area contributed by atoms with Gasteiger partial charge in [-0.3, -0.25) is 0 Å². The second-order valence-electron chi connectivity index (χ2n) is 1.000. The van der Waals surface area contributed by atoms with Crippen molar-refractivity contribution in [3.8, 4) is 0 Å². The molecule has 0 amide bonds. The van der Waals surface area contributed by atoms with Crippen LogP contribution in [0.25, 0.3) is 0 Å². The predicted molar refractivity (Wildman–Crippen MR) is 21.1 cm³/mol. The van der Waals surface area contributed by atoms with Crippen molar-refractivity contribution in [3.63, 3.8) is 0 Å². The van der Waals surface area contributed by atoms with Gasteiger partial charge in [-0.2, -0.15) is 0 Å². The number of hydrogen-bond acceptors (Lipinski definition) is 0. The average molecular weight is 106 g/mol. The van der Waals surface area contributed by atoms with Crippen LogP contribution < -0.4 is 0 Å². The molecule has 0 aromatic heterocycles. The van der Waals surface area contributed by atoms with E-state index in [1.165, 1.54) is 0 Å². The second-order valence-corrected chi connectivity index (χ2v) is 4.12. The van der Waals surface area contributed by atoms with Gasteiger partial charge in [0, 0.05) is 0 Å². The maximum atomic E-state index is 1.59. The first-order valence-electron chi connectivity index (χ1n) is 1.91. The van der Waals surface area contributed by atoms with Crippen molar-refractivity contribution < 1.29 is 0 Å². The molecule has 0 aliphatic carbocycles. The van der Waals surface area contributed by atoms with Crippen LogP contribution in [0.3, 0.4) is 0 Å². The van der Waals surface area contributed by atoms with Crippen molar-refractivity contribution in [2.45, 2.75) is 1.03 Å². The van der Waals surface area contributed by atoms with Gasteiger partial charge >= 0.3 is 98.9 Å². The molecule has 0 unspecified atom stereocenters. The summed E-state index contributed by atoms with van der Waals surface area (Å²) >= 11 is 2.32. The van der Waals surface area contributed by atoms with Crippen LogP contribution in [-0.2, 0) is 0 Å². The van der Waals surface area contributed by atoms with Crippen molar-refractivity contribution in [2.75, 3.05) is 0 Å². The standard InChI is InChI=1S/C2H4.2K/c1-2;;/h1-2H2;;. The third kappa shape index (κ3) is 5.27. The van der Waals surface area contributed by atoms with Gasteiger partial charge in [-0.1, -0.05) is 0 Å². The first-order valence-corrected chi connectivity index (χ1v) is 6.33. The Morgan fingerprint density at radius 3 is 1.25 bits per heavy atom. The molecule has 0 atom stereocenters. The molecule has 2 heteroatoms. The molecule has 0 saturated carbocycles. The molecule has 0 bridgehead atoms. The average Bonchev–Trinajstić information content (AvgIpc) is 1.37. The monoisotopic (exact) mass is 106 g/mol. The fourth-order valence-corrected chi connectivity index (χ4v) is 0. The zero-order valence-electron chi connectivity index (χ0n) is 3.41. The summed E-state index contributed by atoms with van der Waals surface area (Å²) in [4.78, 5) is 0. The summed E-state index contributed by atoms with van der Waals surface area (Å²) in [6.07, 6.45) is 0. The summed E-state index contributed by atoms with van der Waals surface area (Å²) in [6, 6.07) is 0. The molecule has 0 N–H and O–H groups in total. The van der Waals surface area contributed by atoms with Gasteiger partial charge in [-0.05, 0) is 0 Å². The van der Waals surface area contributed by atoms with E-state index in [-0.39, 0.29) is 0 Å². The molecule has 0 aromatic carbocycles. The minimum absolute atomic E-state index is 1.16. The molecular weight excluding hydrogens is 102 g/mol. The van der Waals surface area contributed by atoms with Gasteiger partial charge in [-0.25, -0.2) is 0 Å². The topological polar surface area (TPSA) is 0 Å². The van der Waals surface area contributed by atoms with Crippen LogP contribution in [0.5, 0.6) is 0 Å². The molecule has 0 radical (unpaired) electrons. The minimum atomic E-state index is 1.16. The Labute approximate surface area is 95.3 Å². The van der Waals surface area contributed by atoms with E-state index in [1.807, 2.05) is 0 Å². The van der Waals surface area contributed by atoms with Crippen LogP contribution in [0.2, 0.25) is 1.03 Å². The molecule has 0 aromatic rings. The van der Waals surface area contributed by atoms with Gasteiger partial charge in [0.1, 0.15) is 0 Å². The molecule has 0 aliphatic heterocycles. The first-order chi connectivity index (χ1) is 1.91. The van der Waals surface area contributed by atoms with E-state index >= 15 is 0 Å². The molecule has 0 heterocycles. The van der Waals surface area contributed by atoms with Gasteiger partial charge in [-0.15, -0.1) is 0 Å². The molecule has 0 nitrogen and oxygen atoms in total. The van der Waals surface area contributed by atoms with E-state index in [0.717, 1.165) is 97.9 Å².